The predicted octanol–water partition coefficient (Wildman–Crippen LogP) is 2.10. The first kappa shape index (κ1) is 13.3. The summed E-state index contributed by atoms with van der Waals surface area (Å²) >= 11 is 0. The predicted molar refractivity (Wildman–Crippen MR) is 76.9 cm³/mol. The summed E-state index contributed by atoms with van der Waals surface area (Å²) in [5.74, 6) is 0.748. The van der Waals surface area contributed by atoms with Gasteiger partial charge < -0.3 is 10.2 Å². The van der Waals surface area contributed by atoms with Crippen LogP contribution in [0.4, 0.5) is 11.5 Å². The lowest BCUT2D eigenvalue weighted by Gasteiger charge is -2.40. The normalized spacial score (nSPS) is 26.7. The molecule has 0 spiro atoms. The molecule has 3 heterocycles. The van der Waals surface area contributed by atoms with Crippen molar-refractivity contribution in [3.05, 3.63) is 28.4 Å². The quantitative estimate of drug-likeness (QED) is 0.676. The van der Waals surface area contributed by atoms with Crippen LogP contribution >= 0.6 is 0 Å². The molecule has 20 heavy (non-hydrogen) atoms. The van der Waals surface area contributed by atoms with E-state index in [4.69, 9.17) is 0 Å². The Bertz CT molecular complexity index is 488. The van der Waals surface area contributed by atoms with E-state index in [1.807, 2.05) is 0 Å². The largest absolute Gasteiger partial charge is 0.352 e. The van der Waals surface area contributed by atoms with Crippen LogP contribution < -0.4 is 10.2 Å². The molecule has 0 radical (unpaired) electrons. The summed E-state index contributed by atoms with van der Waals surface area (Å²) in [5, 5.41) is 14.5. The second-order valence-corrected chi connectivity index (χ2v) is 5.59. The van der Waals surface area contributed by atoms with E-state index in [2.05, 4.69) is 15.2 Å². The molecule has 2 fully saturated rings. The van der Waals surface area contributed by atoms with E-state index in [0.717, 1.165) is 31.7 Å². The van der Waals surface area contributed by atoms with Gasteiger partial charge in [0.2, 0.25) is 0 Å². The average Bonchev–Trinajstić information content (AvgIpc) is 3.01. The first-order chi connectivity index (χ1) is 9.75. The minimum atomic E-state index is -0.349. The lowest BCUT2D eigenvalue weighted by Crippen LogP contribution is -2.50. The zero-order valence-corrected chi connectivity index (χ0v) is 11.5. The van der Waals surface area contributed by atoms with Gasteiger partial charge in [0.25, 0.3) is 5.69 Å². The molecule has 6 heteroatoms. The molecule has 2 unspecified atom stereocenters. The fraction of sp³-hybridized carbons (Fsp3) is 0.643. The second-order valence-electron chi connectivity index (χ2n) is 5.59. The molecule has 1 N–H and O–H groups in total. The highest BCUT2D eigenvalue weighted by atomic mass is 16.6. The van der Waals surface area contributed by atoms with Crippen molar-refractivity contribution in [2.75, 3.05) is 18.0 Å². The summed E-state index contributed by atoms with van der Waals surface area (Å²) in [6.07, 6.45) is 7.46. The number of nitrogens with one attached hydrogen (secondary N) is 1. The molecule has 0 aromatic carbocycles. The van der Waals surface area contributed by atoms with E-state index in [-0.39, 0.29) is 10.6 Å². The third-order valence-electron chi connectivity index (χ3n) is 4.35. The topological polar surface area (TPSA) is 71.3 Å². The fourth-order valence-electron chi connectivity index (χ4n) is 3.38. The van der Waals surface area contributed by atoms with Crippen molar-refractivity contribution < 1.29 is 4.92 Å². The van der Waals surface area contributed by atoms with Gasteiger partial charge in [0.1, 0.15) is 5.82 Å². The third-order valence-corrected chi connectivity index (χ3v) is 4.35. The van der Waals surface area contributed by atoms with Crippen LogP contribution in [0.5, 0.6) is 0 Å². The van der Waals surface area contributed by atoms with E-state index in [9.17, 15) is 10.1 Å². The SMILES string of the molecule is O=[N+]([O-])c1ccnc(N2CCCCC2C2CCCN2)c1. The molecule has 2 aliphatic heterocycles. The highest BCUT2D eigenvalue weighted by Gasteiger charge is 2.32. The monoisotopic (exact) mass is 276 g/mol. The lowest BCUT2D eigenvalue weighted by atomic mass is 9.94. The Hall–Kier alpha value is -1.69. The number of aromatic nitrogens is 1. The Balaban J connectivity index is 1.85. The summed E-state index contributed by atoms with van der Waals surface area (Å²) in [6, 6.07) is 3.97. The Morgan fingerprint density at radius 1 is 1.35 bits per heavy atom. The van der Waals surface area contributed by atoms with Crippen molar-refractivity contribution in [3.8, 4) is 0 Å². The van der Waals surface area contributed by atoms with Crippen molar-refractivity contribution in [1.82, 2.24) is 10.3 Å². The molecular formula is C14H20N4O2. The van der Waals surface area contributed by atoms with Crippen LogP contribution in [0.1, 0.15) is 32.1 Å². The molecule has 2 aliphatic rings. The van der Waals surface area contributed by atoms with Gasteiger partial charge in [-0.05, 0) is 38.6 Å². The number of rotatable bonds is 3. The Kier molecular flexibility index (Phi) is 3.82. The number of pyridine rings is 1. The van der Waals surface area contributed by atoms with Gasteiger partial charge in [-0.3, -0.25) is 10.1 Å². The van der Waals surface area contributed by atoms with Crippen molar-refractivity contribution in [2.45, 2.75) is 44.2 Å². The zero-order chi connectivity index (χ0) is 13.9. The van der Waals surface area contributed by atoms with Crippen LogP contribution in [0.2, 0.25) is 0 Å². The number of hydrogen-bond donors (Lipinski definition) is 1. The molecular weight excluding hydrogens is 256 g/mol. The molecule has 0 bridgehead atoms. The van der Waals surface area contributed by atoms with Gasteiger partial charge in [-0.15, -0.1) is 0 Å². The van der Waals surface area contributed by atoms with E-state index in [0.29, 0.717) is 12.1 Å². The van der Waals surface area contributed by atoms with Crippen LogP contribution in [0.15, 0.2) is 18.3 Å². The van der Waals surface area contributed by atoms with Gasteiger partial charge in [-0.1, -0.05) is 0 Å². The van der Waals surface area contributed by atoms with Crippen molar-refractivity contribution >= 4 is 11.5 Å². The molecule has 2 saturated heterocycles. The summed E-state index contributed by atoms with van der Waals surface area (Å²) in [4.78, 5) is 17.2. The van der Waals surface area contributed by atoms with Crippen LogP contribution in [0, 0.1) is 10.1 Å². The summed E-state index contributed by atoms with van der Waals surface area (Å²) < 4.78 is 0. The minimum absolute atomic E-state index is 0.124. The maximum Gasteiger partial charge on any atom is 0.274 e. The van der Waals surface area contributed by atoms with Gasteiger partial charge in [-0.25, -0.2) is 4.98 Å². The molecule has 108 valence electrons. The molecule has 0 amide bonds. The van der Waals surface area contributed by atoms with E-state index in [1.54, 1.807) is 12.3 Å². The fourth-order valence-corrected chi connectivity index (χ4v) is 3.38. The Morgan fingerprint density at radius 3 is 3.00 bits per heavy atom. The second kappa shape index (κ2) is 5.75. The number of nitrogens with zero attached hydrogens (tertiary/aromatic N) is 3. The smallest absolute Gasteiger partial charge is 0.274 e. The van der Waals surface area contributed by atoms with Gasteiger partial charge in [-0.2, -0.15) is 0 Å². The molecule has 0 saturated carbocycles. The van der Waals surface area contributed by atoms with Crippen molar-refractivity contribution in [1.29, 1.82) is 0 Å². The first-order valence-corrected chi connectivity index (χ1v) is 7.36. The third kappa shape index (κ3) is 2.60. The van der Waals surface area contributed by atoms with Crippen LogP contribution in [-0.2, 0) is 0 Å². The first-order valence-electron chi connectivity index (χ1n) is 7.36. The van der Waals surface area contributed by atoms with Crippen LogP contribution in [0.25, 0.3) is 0 Å². The summed E-state index contributed by atoms with van der Waals surface area (Å²) in [6.45, 7) is 2.02. The zero-order valence-electron chi connectivity index (χ0n) is 11.5. The molecule has 0 aliphatic carbocycles. The summed E-state index contributed by atoms with van der Waals surface area (Å²) in [5.41, 5.74) is 0.124. The van der Waals surface area contributed by atoms with Crippen LogP contribution in [0.3, 0.4) is 0 Å². The molecule has 2 atom stereocenters. The number of piperidine rings is 1. The standard InChI is InChI=1S/C14H20N4O2/c19-18(20)11-6-8-16-14(10-11)17-9-2-1-5-13(17)12-4-3-7-15-12/h6,8,10,12-13,15H,1-5,7,9H2. The number of anilines is 1. The number of hydrogen-bond acceptors (Lipinski definition) is 5. The molecule has 6 nitrogen and oxygen atoms in total. The lowest BCUT2D eigenvalue weighted by molar-refractivity contribution is -0.384. The van der Waals surface area contributed by atoms with Gasteiger partial charge in [0.15, 0.2) is 0 Å². The van der Waals surface area contributed by atoms with E-state index in [1.165, 1.54) is 25.3 Å². The van der Waals surface area contributed by atoms with Crippen molar-refractivity contribution in [2.24, 2.45) is 0 Å². The Labute approximate surface area is 118 Å². The summed E-state index contributed by atoms with van der Waals surface area (Å²) in [7, 11) is 0. The molecule has 1 aromatic heterocycles. The van der Waals surface area contributed by atoms with Gasteiger partial charge in [0, 0.05) is 30.9 Å². The molecule has 1 aromatic rings. The van der Waals surface area contributed by atoms with Gasteiger partial charge in [0.05, 0.1) is 11.0 Å². The van der Waals surface area contributed by atoms with E-state index >= 15 is 0 Å². The van der Waals surface area contributed by atoms with Crippen LogP contribution in [-0.4, -0.2) is 35.1 Å². The van der Waals surface area contributed by atoms with E-state index < -0.39 is 0 Å². The molecule has 3 rings (SSSR count). The Morgan fingerprint density at radius 2 is 2.25 bits per heavy atom. The average molecular weight is 276 g/mol. The highest BCUT2D eigenvalue weighted by molar-refractivity contribution is 5.48. The van der Waals surface area contributed by atoms with Crippen molar-refractivity contribution in [3.63, 3.8) is 0 Å². The minimum Gasteiger partial charge on any atom is -0.352 e. The maximum atomic E-state index is 10.9. The highest BCUT2D eigenvalue weighted by Crippen LogP contribution is 2.29. The number of nitro groups is 1. The van der Waals surface area contributed by atoms with Gasteiger partial charge >= 0.3 is 0 Å². The maximum absolute atomic E-state index is 10.9.